The smallest absolute Gasteiger partial charge is 1.00 e. The molecule has 1 heterocycles. The summed E-state index contributed by atoms with van der Waals surface area (Å²) in [7, 11) is -8.63. The molecule has 0 bridgehead atoms. The zero-order valence-corrected chi connectivity index (χ0v) is 18.4. The molecule has 7 nitrogen and oxygen atoms in total. The fourth-order valence-corrected chi connectivity index (χ4v) is 4.36. The fraction of sp³-hybridized carbons (Fsp3) is 0.533. The normalized spacial score (nSPS) is 20.4. The average Bonchev–Trinajstić information content (AvgIpc) is 2.65. The van der Waals surface area contributed by atoms with Gasteiger partial charge in [-0.05, 0) is 38.8 Å². The Bertz CT molecular complexity index is 914. The summed E-state index contributed by atoms with van der Waals surface area (Å²) in [5.74, 6) is -0.364. The molecule has 0 aromatic heterocycles. The second kappa shape index (κ2) is 7.75. The van der Waals surface area contributed by atoms with Crippen molar-refractivity contribution in [3.63, 3.8) is 0 Å². The number of rotatable bonds is 6. The van der Waals surface area contributed by atoms with Crippen molar-refractivity contribution in [2.75, 3.05) is 12.3 Å². The Morgan fingerprint density at radius 1 is 1.28 bits per heavy atom. The SMILES string of the molecule is CC[N+]1=C(C)C(C)(CCCS(=O)(=O)O)c2cc(S(=O)(=O)[O-])ccc21.[H-].[Na+]. The van der Waals surface area contributed by atoms with E-state index < -0.39 is 25.7 Å². The summed E-state index contributed by atoms with van der Waals surface area (Å²) < 4.78 is 66.9. The van der Waals surface area contributed by atoms with E-state index in [9.17, 15) is 21.4 Å². The number of benzene rings is 1. The van der Waals surface area contributed by atoms with E-state index in [1.54, 1.807) is 6.07 Å². The first-order chi connectivity index (χ1) is 10.9. The minimum Gasteiger partial charge on any atom is -1.00 e. The molecule has 1 unspecified atom stereocenters. The fourth-order valence-electron chi connectivity index (χ4n) is 3.35. The monoisotopic (exact) mass is 399 g/mol. The molecule has 1 aliphatic rings. The van der Waals surface area contributed by atoms with Crippen molar-refractivity contribution >= 4 is 31.6 Å². The number of fused-ring (bicyclic) bond motifs is 1. The van der Waals surface area contributed by atoms with Crippen LogP contribution in [0.2, 0.25) is 0 Å². The molecule has 25 heavy (non-hydrogen) atoms. The number of nitrogens with zero attached hydrogens (tertiary/aromatic N) is 1. The summed E-state index contributed by atoms with van der Waals surface area (Å²) in [6.45, 7) is 6.41. The van der Waals surface area contributed by atoms with E-state index >= 15 is 0 Å². The van der Waals surface area contributed by atoms with Gasteiger partial charge in [-0.3, -0.25) is 4.55 Å². The first kappa shape index (κ1) is 22.8. The Hall–Kier alpha value is -0.290. The second-order valence-electron chi connectivity index (χ2n) is 6.18. The van der Waals surface area contributed by atoms with Gasteiger partial charge in [0.05, 0.1) is 16.1 Å². The van der Waals surface area contributed by atoms with Crippen molar-refractivity contribution in [1.82, 2.24) is 0 Å². The van der Waals surface area contributed by atoms with Gasteiger partial charge in [-0.15, -0.1) is 0 Å². The minimum atomic E-state index is -4.57. The van der Waals surface area contributed by atoms with Crippen LogP contribution < -0.4 is 29.6 Å². The molecule has 1 atom stereocenters. The molecule has 10 heteroatoms. The molecular formula is C15H22NNaO6S2. The van der Waals surface area contributed by atoms with Crippen molar-refractivity contribution in [2.24, 2.45) is 0 Å². The predicted molar refractivity (Wildman–Crippen MR) is 89.7 cm³/mol. The Morgan fingerprint density at radius 2 is 1.88 bits per heavy atom. The van der Waals surface area contributed by atoms with Gasteiger partial charge in [-0.1, -0.05) is 0 Å². The molecule has 0 spiro atoms. The van der Waals surface area contributed by atoms with E-state index in [0.717, 1.165) is 11.4 Å². The standard InChI is InChI=1S/C15H21NO6S2.Na.H/c1-4-16-11(2)15(3,8-5-9-23(17,18)19)13-10-12(24(20,21)22)6-7-14(13)16;;/h6-7,10H,4-5,8-9H2,1-3H3,(H-,17,18,19,20,21,22);;/q;+1;-1. The Balaban J connectivity index is 0.00000312. The minimum absolute atomic E-state index is 0. The zero-order valence-electron chi connectivity index (χ0n) is 15.8. The zero-order chi connectivity index (χ0) is 18.3. The Morgan fingerprint density at radius 3 is 2.36 bits per heavy atom. The van der Waals surface area contributed by atoms with Gasteiger partial charge < -0.3 is 5.98 Å². The van der Waals surface area contributed by atoms with E-state index in [0.29, 0.717) is 18.5 Å². The van der Waals surface area contributed by atoms with Crippen LogP contribution in [-0.2, 0) is 25.7 Å². The molecule has 2 rings (SSSR count). The summed E-state index contributed by atoms with van der Waals surface area (Å²) in [5, 5.41) is 0. The maximum Gasteiger partial charge on any atom is 1.00 e. The summed E-state index contributed by atoms with van der Waals surface area (Å²) in [6.07, 6.45) is 0.627. The van der Waals surface area contributed by atoms with Gasteiger partial charge in [-0.2, -0.15) is 13.0 Å². The summed E-state index contributed by atoms with van der Waals surface area (Å²) in [4.78, 5) is -0.298. The summed E-state index contributed by atoms with van der Waals surface area (Å²) in [6, 6.07) is 4.28. The summed E-state index contributed by atoms with van der Waals surface area (Å²) >= 11 is 0. The molecule has 0 radical (unpaired) electrons. The number of hydrogen-bond donors (Lipinski definition) is 1. The van der Waals surface area contributed by atoms with Crippen molar-refractivity contribution in [3.8, 4) is 0 Å². The third-order valence-electron chi connectivity index (χ3n) is 4.74. The van der Waals surface area contributed by atoms with Crippen molar-refractivity contribution in [3.05, 3.63) is 23.8 Å². The quantitative estimate of drug-likeness (QED) is 0.364. The van der Waals surface area contributed by atoms with Gasteiger partial charge in [-0.25, -0.2) is 8.42 Å². The van der Waals surface area contributed by atoms with Crippen LogP contribution in [-0.4, -0.2) is 48.5 Å². The van der Waals surface area contributed by atoms with Gasteiger partial charge in [0.1, 0.15) is 16.7 Å². The third kappa shape index (κ3) is 4.71. The molecule has 0 amide bonds. The largest absolute Gasteiger partial charge is 1.00 e. The molecule has 1 N–H and O–H groups in total. The van der Waals surface area contributed by atoms with E-state index in [2.05, 4.69) is 0 Å². The molecule has 0 fully saturated rings. The van der Waals surface area contributed by atoms with E-state index in [1.807, 2.05) is 25.3 Å². The average molecular weight is 399 g/mol. The Labute approximate surface area is 172 Å². The van der Waals surface area contributed by atoms with Gasteiger partial charge in [0.2, 0.25) is 5.69 Å². The van der Waals surface area contributed by atoms with Gasteiger partial charge in [0, 0.05) is 18.6 Å². The van der Waals surface area contributed by atoms with Crippen molar-refractivity contribution in [1.29, 1.82) is 0 Å². The molecule has 0 saturated heterocycles. The van der Waals surface area contributed by atoms with Crippen LogP contribution in [0.1, 0.15) is 40.6 Å². The van der Waals surface area contributed by atoms with Crippen LogP contribution in [0.4, 0.5) is 5.69 Å². The van der Waals surface area contributed by atoms with E-state index in [4.69, 9.17) is 4.55 Å². The van der Waals surface area contributed by atoms with Crippen molar-refractivity contribution in [2.45, 2.75) is 43.9 Å². The van der Waals surface area contributed by atoms with Crippen molar-refractivity contribution < 1.29 is 61.5 Å². The van der Waals surface area contributed by atoms with Crippen LogP contribution in [0.25, 0.3) is 0 Å². The van der Waals surface area contributed by atoms with Gasteiger partial charge in [0.25, 0.3) is 10.1 Å². The van der Waals surface area contributed by atoms with E-state index in [-0.39, 0.29) is 48.1 Å². The second-order valence-corrected chi connectivity index (χ2v) is 9.14. The first-order valence-corrected chi connectivity index (χ1v) is 10.6. The van der Waals surface area contributed by atoms with Crippen LogP contribution in [0.5, 0.6) is 0 Å². The topological polar surface area (TPSA) is 115 Å². The number of hydrogen-bond acceptors (Lipinski definition) is 5. The molecular weight excluding hydrogens is 377 g/mol. The van der Waals surface area contributed by atoms with Crippen LogP contribution in [0.3, 0.4) is 0 Å². The molecule has 1 aromatic carbocycles. The molecule has 0 saturated carbocycles. The van der Waals surface area contributed by atoms with Gasteiger partial charge >= 0.3 is 29.6 Å². The van der Waals surface area contributed by atoms with E-state index in [1.165, 1.54) is 12.1 Å². The van der Waals surface area contributed by atoms with Crippen LogP contribution in [0, 0.1) is 0 Å². The van der Waals surface area contributed by atoms with Gasteiger partial charge in [0.15, 0.2) is 5.71 Å². The maximum absolute atomic E-state index is 11.3. The molecule has 0 aliphatic carbocycles. The molecule has 1 aromatic rings. The molecule has 1 aliphatic heterocycles. The maximum atomic E-state index is 11.3. The predicted octanol–water partition coefficient (Wildman–Crippen LogP) is -1.23. The Kier molecular flexibility index (Phi) is 7.06. The van der Waals surface area contributed by atoms with Crippen LogP contribution >= 0.6 is 0 Å². The first-order valence-electron chi connectivity index (χ1n) is 7.57. The van der Waals surface area contributed by atoms with Crippen LogP contribution in [0.15, 0.2) is 23.1 Å². The summed E-state index contributed by atoms with van der Waals surface area (Å²) in [5.41, 5.74) is 1.86. The molecule has 136 valence electrons. The third-order valence-corrected chi connectivity index (χ3v) is 6.38.